The summed E-state index contributed by atoms with van der Waals surface area (Å²) in [5, 5.41) is 0.878. The molecular weight excluding hydrogens is 609 g/mol. The zero-order valence-corrected chi connectivity index (χ0v) is 27.6. The van der Waals surface area contributed by atoms with Gasteiger partial charge < -0.3 is 14.0 Å². The predicted molar refractivity (Wildman–Crippen MR) is 175 cm³/mol. The summed E-state index contributed by atoms with van der Waals surface area (Å²) in [5.41, 5.74) is -0.181. The Hall–Kier alpha value is -4.28. The Labute approximate surface area is 268 Å². The number of benzene rings is 3. The number of hydroxylamine groups is 2. The number of methoxy groups -OCH3 is 1. The van der Waals surface area contributed by atoms with E-state index in [1.807, 2.05) is 91.9 Å². The summed E-state index contributed by atoms with van der Waals surface area (Å²) >= 11 is 0. The van der Waals surface area contributed by atoms with Gasteiger partial charge in [0.15, 0.2) is 6.23 Å². The molecule has 0 fully saturated rings. The lowest BCUT2D eigenvalue weighted by Crippen LogP contribution is -2.47. The monoisotopic (exact) mass is 649 g/mol. The Morgan fingerprint density at radius 1 is 0.935 bits per heavy atom. The topological polar surface area (TPSA) is 129 Å². The number of aromatic amines is 1. The molecule has 0 bridgehead atoms. The first-order valence-corrected chi connectivity index (χ1v) is 16.8. The van der Waals surface area contributed by atoms with E-state index >= 15 is 0 Å². The average molecular weight is 650 g/mol. The van der Waals surface area contributed by atoms with Crippen molar-refractivity contribution in [3.63, 3.8) is 0 Å². The maximum Gasteiger partial charge on any atom is 0.352 e. The predicted octanol–water partition coefficient (Wildman–Crippen LogP) is 5.61. The standard InChI is InChI=1S/C34H40N3O8P/c1-6-22-46(41,43-7-2)45-37(31(38)24-36-23-25(3)32(39)35-33(36)40)26(4)44-34(27-14-10-8-11-15-27,28-16-12-9-13-17-28)29-18-20-30(42-5)21-19-29/h8-21,23,26H,6-7,22,24H2,1-5H3,(H,35,39,40). The number of ether oxygens (including phenoxy) is 2. The molecule has 1 N–H and O–H groups in total. The lowest BCUT2D eigenvalue weighted by Gasteiger charge is -2.41. The Balaban J connectivity index is 1.88. The molecule has 3 aromatic carbocycles. The van der Waals surface area contributed by atoms with Crippen LogP contribution in [0.15, 0.2) is 101 Å². The molecule has 1 amide bonds. The molecule has 2 atom stereocenters. The third kappa shape index (κ3) is 7.74. The molecule has 0 saturated heterocycles. The summed E-state index contributed by atoms with van der Waals surface area (Å²) in [6.45, 7) is 6.17. The van der Waals surface area contributed by atoms with E-state index in [1.165, 1.54) is 13.1 Å². The first-order valence-electron chi connectivity index (χ1n) is 15.1. The number of nitrogens with one attached hydrogen (secondary N) is 1. The first kappa shape index (κ1) is 34.6. The highest BCUT2D eigenvalue weighted by Crippen LogP contribution is 2.51. The smallest absolute Gasteiger partial charge is 0.352 e. The summed E-state index contributed by atoms with van der Waals surface area (Å²) in [5.74, 6) is -0.104. The highest BCUT2D eigenvalue weighted by molar-refractivity contribution is 7.53. The van der Waals surface area contributed by atoms with Gasteiger partial charge in [0.2, 0.25) is 0 Å². The number of aryl methyl sites for hydroxylation is 1. The van der Waals surface area contributed by atoms with E-state index in [2.05, 4.69) is 4.98 Å². The number of hydrogen-bond acceptors (Lipinski definition) is 8. The van der Waals surface area contributed by atoms with Crippen molar-refractivity contribution in [2.45, 2.75) is 52.5 Å². The number of carbonyl (C=O) groups is 1. The van der Waals surface area contributed by atoms with Crippen LogP contribution in [0.4, 0.5) is 0 Å². The number of H-pyrrole nitrogens is 1. The Bertz CT molecular complexity index is 1710. The van der Waals surface area contributed by atoms with Gasteiger partial charge in [-0.15, -0.1) is 0 Å². The quantitative estimate of drug-likeness (QED) is 0.0762. The van der Waals surface area contributed by atoms with E-state index in [4.69, 9.17) is 18.6 Å². The third-order valence-electron chi connectivity index (χ3n) is 7.31. The summed E-state index contributed by atoms with van der Waals surface area (Å²) in [6.07, 6.45) is 0.583. The van der Waals surface area contributed by atoms with Crippen LogP contribution in [0.2, 0.25) is 0 Å². The largest absolute Gasteiger partial charge is 0.497 e. The number of nitrogens with zero attached hydrogens (tertiary/aromatic N) is 2. The molecule has 11 nitrogen and oxygen atoms in total. The summed E-state index contributed by atoms with van der Waals surface area (Å²) in [6, 6.07) is 26.4. The van der Waals surface area contributed by atoms with Gasteiger partial charge in [-0.05, 0) is 56.0 Å². The zero-order valence-electron chi connectivity index (χ0n) is 26.7. The van der Waals surface area contributed by atoms with Crippen molar-refractivity contribution in [1.82, 2.24) is 14.6 Å². The van der Waals surface area contributed by atoms with E-state index in [1.54, 1.807) is 21.0 Å². The molecule has 0 spiro atoms. The van der Waals surface area contributed by atoms with Gasteiger partial charge in [-0.25, -0.2) is 4.79 Å². The summed E-state index contributed by atoms with van der Waals surface area (Å²) in [4.78, 5) is 40.8. The number of aromatic nitrogens is 2. The fraction of sp³-hybridized carbons (Fsp3) is 0.324. The molecule has 4 rings (SSSR count). The summed E-state index contributed by atoms with van der Waals surface area (Å²) in [7, 11) is -2.26. The number of carbonyl (C=O) groups excluding carboxylic acids is 1. The van der Waals surface area contributed by atoms with Gasteiger partial charge in [0.05, 0.1) is 19.9 Å². The molecular formula is C34H40N3O8P. The molecule has 244 valence electrons. The fourth-order valence-corrected chi connectivity index (χ4v) is 6.87. The van der Waals surface area contributed by atoms with Crippen molar-refractivity contribution in [2.24, 2.45) is 0 Å². The molecule has 0 aliphatic rings. The minimum Gasteiger partial charge on any atom is -0.497 e. The second-order valence-electron chi connectivity index (χ2n) is 10.6. The first-order chi connectivity index (χ1) is 22.1. The summed E-state index contributed by atoms with van der Waals surface area (Å²) < 4.78 is 38.9. The second-order valence-corrected chi connectivity index (χ2v) is 12.7. The van der Waals surface area contributed by atoms with Crippen LogP contribution in [-0.2, 0) is 35.4 Å². The van der Waals surface area contributed by atoms with Crippen molar-refractivity contribution < 1.29 is 28.0 Å². The second kappa shape index (κ2) is 15.3. The van der Waals surface area contributed by atoms with Crippen LogP contribution in [0.1, 0.15) is 49.4 Å². The van der Waals surface area contributed by atoms with Crippen LogP contribution < -0.4 is 16.0 Å². The van der Waals surface area contributed by atoms with E-state index < -0.39 is 43.1 Å². The van der Waals surface area contributed by atoms with Gasteiger partial charge in [0.25, 0.3) is 11.5 Å². The molecule has 2 unspecified atom stereocenters. The van der Waals surface area contributed by atoms with Gasteiger partial charge in [-0.2, -0.15) is 9.69 Å². The Morgan fingerprint density at radius 3 is 2.02 bits per heavy atom. The van der Waals surface area contributed by atoms with Gasteiger partial charge in [0.1, 0.15) is 17.9 Å². The molecule has 46 heavy (non-hydrogen) atoms. The van der Waals surface area contributed by atoms with Gasteiger partial charge in [-0.3, -0.25) is 23.7 Å². The number of amides is 1. The van der Waals surface area contributed by atoms with Crippen molar-refractivity contribution in [1.29, 1.82) is 0 Å². The maximum atomic E-state index is 14.0. The average Bonchev–Trinajstić information content (AvgIpc) is 3.06. The van der Waals surface area contributed by atoms with Crippen LogP contribution in [0, 0.1) is 6.92 Å². The molecule has 4 aromatic rings. The Morgan fingerprint density at radius 2 is 1.50 bits per heavy atom. The minimum absolute atomic E-state index is 0.0377. The molecule has 0 saturated carbocycles. The van der Waals surface area contributed by atoms with E-state index in [0.29, 0.717) is 12.2 Å². The highest BCUT2D eigenvalue weighted by atomic mass is 31.2. The molecule has 1 heterocycles. The van der Waals surface area contributed by atoms with Crippen LogP contribution in [0.25, 0.3) is 0 Å². The minimum atomic E-state index is -3.85. The molecule has 0 aliphatic carbocycles. The van der Waals surface area contributed by atoms with Crippen LogP contribution in [0.3, 0.4) is 0 Å². The number of hydrogen-bond donors (Lipinski definition) is 1. The van der Waals surface area contributed by atoms with E-state index in [0.717, 1.165) is 26.3 Å². The molecule has 1 aromatic heterocycles. The van der Waals surface area contributed by atoms with Crippen LogP contribution in [0.5, 0.6) is 5.75 Å². The molecule has 0 aliphatic heterocycles. The lowest BCUT2D eigenvalue weighted by atomic mass is 9.80. The molecule has 12 heteroatoms. The zero-order chi connectivity index (χ0) is 33.3. The van der Waals surface area contributed by atoms with Gasteiger partial charge >= 0.3 is 13.3 Å². The van der Waals surface area contributed by atoms with Crippen molar-refractivity contribution in [2.75, 3.05) is 19.9 Å². The fourth-order valence-electron chi connectivity index (χ4n) is 5.18. The normalized spacial score (nSPS) is 13.5. The lowest BCUT2D eigenvalue weighted by molar-refractivity contribution is -0.221. The van der Waals surface area contributed by atoms with Gasteiger partial charge in [0, 0.05) is 11.8 Å². The Kier molecular flexibility index (Phi) is 11.5. The van der Waals surface area contributed by atoms with E-state index in [-0.39, 0.29) is 18.3 Å². The molecule has 0 radical (unpaired) electrons. The highest BCUT2D eigenvalue weighted by Gasteiger charge is 2.43. The van der Waals surface area contributed by atoms with Crippen LogP contribution in [-0.4, -0.2) is 46.6 Å². The third-order valence-corrected chi connectivity index (χ3v) is 9.38. The maximum absolute atomic E-state index is 14.0. The SMILES string of the molecule is CCCP(=O)(OCC)ON(C(=O)Cn1cc(C)c(=O)[nH]c1=O)C(C)OC(c1ccccc1)(c1ccccc1)c1ccc(OC)cc1. The van der Waals surface area contributed by atoms with Crippen molar-refractivity contribution >= 4 is 13.5 Å². The van der Waals surface area contributed by atoms with Gasteiger partial charge in [-0.1, -0.05) is 79.7 Å². The number of rotatable bonds is 15. The van der Waals surface area contributed by atoms with Crippen molar-refractivity contribution in [3.8, 4) is 5.75 Å². The van der Waals surface area contributed by atoms with Crippen molar-refractivity contribution in [3.05, 3.63) is 134 Å². The van der Waals surface area contributed by atoms with Crippen LogP contribution >= 0.6 is 7.60 Å². The van der Waals surface area contributed by atoms with E-state index in [9.17, 15) is 18.9 Å².